The molecule has 85 heavy (non-hydrogen) atoms. The third kappa shape index (κ3) is 59.5. The fourth-order valence-electron chi connectivity index (χ4n) is 9.85. The first kappa shape index (κ1) is 83.1. The van der Waals surface area contributed by atoms with E-state index in [1.54, 1.807) is 0 Å². The van der Waals surface area contributed by atoms with E-state index in [-0.39, 0.29) is 25.7 Å². The maximum atomic E-state index is 13.0. The van der Waals surface area contributed by atoms with Crippen molar-refractivity contribution in [3.63, 3.8) is 0 Å². The molecule has 3 unspecified atom stereocenters. The second kappa shape index (κ2) is 58.4. The number of esters is 4. The quantitative estimate of drug-likeness (QED) is 0.0222. The summed E-state index contributed by atoms with van der Waals surface area (Å²) >= 11 is 0. The fourth-order valence-corrected chi connectivity index (χ4v) is 11.4. The van der Waals surface area contributed by atoms with Gasteiger partial charge in [-0.25, -0.2) is 9.13 Å². The van der Waals surface area contributed by atoms with E-state index in [2.05, 4.69) is 41.5 Å². The van der Waals surface area contributed by atoms with Gasteiger partial charge in [-0.1, -0.05) is 279 Å². The Hall–Kier alpha value is -1.94. The van der Waals surface area contributed by atoms with Crippen molar-refractivity contribution in [2.45, 2.75) is 349 Å². The van der Waals surface area contributed by atoms with Gasteiger partial charge in [0, 0.05) is 25.7 Å². The minimum Gasteiger partial charge on any atom is -0.462 e. The van der Waals surface area contributed by atoms with Crippen LogP contribution in [0.15, 0.2) is 0 Å². The van der Waals surface area contributed by atoms with E-state index in [1.165, 1.54) is 135 Å². The Morgan fingerprint density at radius 1 is 0.341 bits per heavy atom. The zero-order valence-electron chi connectivity index (χ0n) is 54.9. The predicted octanol–water partition coefficient (Wildman–Crippen LogP) is 18.4. The molecule has 0 aromatic carbocycles. The number of aliphatic hydroxyl groups is 1. The van der Waals surface area contributed by atoms with Crippen LogP contribution in [0.1, 0.15) is 330 Å². The summed E-state index contributed by atoms with van der Waals surface area (Å²) in [6.07, 6.45) is 41.8. The van der Waals surface area contributed by atoms with Crippen molar-refractivity contribution >= 4 is 39.5 Å². The summed E-state index contributed by atoms with van der Waals surface area (Å²) in [4.78, 5) is 72.3. The summed E-state index contributed by atoms with van der Waals surface area (Å²) in [5.41, 5.74) is 0. The van der Waals surface area contributed by atoms with Crippen molar-refractivity contribution in [2.75, 3.05) is 39.6 Å². The Labute approximate surface area is 517 Å². The van der Waals surface area contributed by atoms with Gasteiger partial charge in [0.25, 0.3) is 0 Å². The highest BCUT2D eigenvalue weighted by Crippen LogP contribution is 2.45. The van der Waals surface area contributed by atoms with E-state index >= 15 is 0 Å². The lowest BCUT2D eigenvalue weighted by Gasteiger charge is -2.21. The molecule has 0 aliphatic carbocycles. The van der Waals surface area contributed by atoms with E-state index in [9.17, 15) is 43.2 Å². The molecular weight excluding hydrogens is 1130 g/mol. The highest BCUT2D eigenvalue weighted by Gasteiger charge is 2.30. The van der Waals surface area contributed by atoms with Crippen molar-refractivity contribution in [3.05, 3.63) is 0 Å². The lowest BCUT2D eigenvalue weighted by atomic mass is 10.00. The molecule has 19 heteroatoms. The van der Waals surface area contributed by atoms with Gasteiger partial charge in [0.15, 0.2) is 12.2 Å². The predicted molar refractivity (Wildman–Crippen MR) is 340 cm³/mol. The minimum atomic E-state index is -4.95. The van der Waals surface area contributed by atoms with Crippen molar-refractivity contribution in [2.24, 2.45) is 11.8 Å². The Kier molecular flexibility index (Phi) is 57.1. The number of phosphoric ester groups is 2. The van der Waals surface area contributed by atoms with Crippen LogP contribution in [0.25, 0.3) is 0 Å². The summed E-state index contributed by atoms with van der Waals surface area (Å²) < 4.78 is 68.0. The Morgan fingerprint density at radius 3 is 0.894 bits per heavy atom. The first-order valence-electron chi connectivity index (χ1n) is 34.5. The van der Waals surface area contributed by atoms with Crippen LogP contribution in [0.5, 0.6) is 0 Å². The number of unbranched alkanes of at least 4 members (excludes halogenated alkanes) is 34. The van der Waals surface area contributed by atoms with Crippen molar-refractivity contribution in [1.29, 1.82) is 0 Å². The maximum absolute atomic E-state index is 13.0. The number of aliphatic hydroxyl groups excluding tert-OH is 1. The number of hydrogen-bond acceptors (Lipinski definition) is 15. The van der Waals surface area contributed by atoms with Gasteiger partial charge in [0.05, 0.1) is 26.4 Å². The highest BCUT2D eigenvalue weighted by atomic mass is 31.2. The highest BCUT2D eigenvalue weighted by molar-refractivity contribution is 7.47. The number of hydrogen-bond donors (Lipinski definition) is 3. The summed E-state index contributed by atoms with van der Waals surface area (Å²) in [6.45, 7) is 9.38. The Morgan fingerprint density at radius 2 is 0.600 bits per heavy atom. The van der Waals surface area contributed by atoms with Crippen LogP contribution in [0, 0.1) is 11.8 Å². The maximum Gasteiger partial charge on any atom is 0.472 e. The average Bonchev–Trinajstić information content (AvgIpc) is 3.62. The minimum absolute atomic E-state index is 0.105. The zero-order chi connectivity index (χ0) is 62.9. The van der Waals surface area contributed by atoms with Crippen LogP contribution in [0.4, 0.5) is 0 Å². The summed E-state index contributed by atoms with van der Waals surface area (Å²) in [5.74, 6) is -0.722. The number of carbonyl (C=O) groups excluding carboxylic acids is 4. The van der Waals surface area contributed by atoms with Crippen LogP contribution in [-0.2, 0) is 65.4 Å². The van der Waals surface area contributed by atoms with E-state index in [1.807, 2.05) is 0 Å². The van der Waals surface area contributed by atoms with E-state index in [4.69, 9.17) is 37.0 Å². The van der Waals surface area contributed by atoms with Crippen LogP contribution in [0.2, 0.25) is 0 Å². The van der Waals surface area contributed by atoms with Crippen molar-refractivity contribution < 1.29 is 80.2 Å². The average molecular weight is 1260 g/mol. The van der Waals surface area contributed by atoms with Gasteiger partial charge < -0.3 is 33.8 Å². The van der Waals surface area contributed by atoms with Crippen molar-refractivity contribution in [3.8, 4) is 0 Å². The first-order chi connectivity index (χ1) is 40.9. The fraction of sp³-hybridized carbons (Fsp3) is 0.939. The topological polar surface area (TPSA) is 237 Å². The number of phosphoric acid groups is 2. The van der Waals surface area contributed by atoms with E-state index < -0.39 is 97.5 Å². The summed E-state index contributed by atoms with van der Waals surface area (Å²) in [7, 11) is -9.89. The molecule has 0 fully saturated rings. The second-order valence-electron chi connectivity index (χ2n) is 24.6. The molecule has 17 nitrogen and oxygen atoms in total. The van der Waals surface area contributed by atoms with Gasteiger partial charge in [0.1, 0.15) is 19.3 Å². The van der Waals surface area contributed by atoms with E-state index in [0.717, 1.165) is 109 Å². The van der Waals surface area contributed by atoms with Crippen LogP contribution < -0.4 is 0 Å². The Bertz CT molecular complexity index is 1670. The summed E-state index contributed by atoms with van der Waals surface area (Å²) in [5, 5.41) is 10.5. The molecule has 0 saturated heterocycles. The molecular formula is C66H128O17P2. The second-order valence-corrected chi connectivity index (χ2v) is 27.5. The monoisotopic (exact) mass is 1250 g/mol. The molecule has 0 aromatic heterocycles. The van der Waals surface area contributed by atoms with Crippen LogP contribution in [0.3, 0.4) is 0 Å². The third-order valence-corrected chi connectivity index (χ3v) is 17.5. The molecule has 0 spiro atoms. The molecule has 0 aromatic rings. The molecule has 0 amide bonds. The van der Waals surface area contributed by atoms with Gasteiger partial charge in [-0.2, -0.15) is 0 Å². The van der Waals surface area contributed by atoms with Gasteiger partial charge in [-0.05, 0) is 37.5 Å². The molecule has 6 atom stereocenters. The molecule has 0 saturated carbocycles. The van der Waals surface area contributed by atoms with Gasteiger partial charge in [0.2, 0.25) is 0 Å². The first-order valence-corrected chi connectivity index (χ1v) is 37.5. The zero-order valence-corrected chi connectivity index (χ0v) is 56.7. The molecule has 0 aliphatic rings. The molecule has 504 valence electrons. The van der Waals surface area contributed by atoms with Crippen molar-refractivity contribution in [1.82, 2.24) is 0 Å². The number of rotatable bonds is 65. The van der Waals surface area contributed by atoms with Crippen LogP contribution >= 0.6 is 15.6 Å². The molecule has 0 heterocycles. The molecule has 0 rings (SSSR count). The number of carbonyl (C=O) groups is 4. The van der Waals surface area contributed by atoms with Gasteiger partial charge in [-0.15, -0.1) is 0 Å². The molecule has 0 bridgehead atoms. The molecule has 0 radical (unpaired) electrons. The lowest BCUT2D eigenvalue weighted by Crippen LogP contribution is -2.30. The third-order valence-electron chi connectivity index (χ3n) is 15.6. The lowest BCUT2D eigenvalue weighted by molar-refractivity contribution is -0.161. The van der Waals surface area contributed by atoms with Gasteiger partial charge in [-0.3, -0.25) is 37.3 Å². The normalized spacial score (nSPS) is 14.6. The molecule has 3 N–H and O–H groups in total. The smallest absolute Gasteiger partial charge is 0.462 e. The standard InChI is InChI=1S/C66H128O17P2/c1-7-10-12-14-16-18-20-21-22-23-24-25-27-29-39-45-51-66(71)83-62(55-77-64(69)49-43-37-33-31-35-41-47-59(6)9-3)57-81-85(74,75)79-53-60(67)52-78-84(72,73)80-56-61(54-76-63(68)48-42-36-32-30-34-40-46-58(4)5)82-65(70)50-44-38-28-26-19-17-15-13-11-8-2/h58-62,67H,7-57H2,1-6H3,(H,72,73)(H,74,75)/t59?,60-,61+,62+/m0/s1. The molecule has 0 aliphatic heterocycles. The largest absolute Gasteiger partial charge is 0.472 e. The van der Waals surface area contributed by atoms with E-state index in [0.29, 0.717) is 31.6 Å². The summed E-state index contributed by atoms with van der Waals surface area (Å²) in [6, 6.07) is 0. The SMILES string of the molecule is CCCCCCCCCCCCCCCCCCC(=O)O[C@H](COC(=O)CCCCCCCCC(C)CC)COP(=O)(O)OC[C@@H](O)COP(=O)(O)OC[C@@H](COC(=O)CCCCCCCCC(C)C)OC(=O)CCCCCCCCCCCC. The number of ether oxygens (including phenoxy) is 4. The Balaban J connectivity index is 5.22. The van der Waals surface area contributed by atoms with Gasteiger partial charge >= 0.3 is 39.5 Å². The van der Waals surface area contributed by atoms with Crippen LogP contribution in [-0.4, -0.2) is 96.7 Å².